The Kier molecular flexibility index (Phi) is 20.8. The van der Waals surface area contributed by atoms with Gasteiger partial charge in [0, 0.05) is 6.42 Å². The molecule has 0 aliphatic carbocycles. The van der Waals surface area contributed by atoms with E-state index in [1.165, 1.54) is 38.5 Å². The Balaban J connectivity index is 0. The van der Waals surface area contributed by atoms with Crippen molar-refractivity contribution in [2.45, 2.75) is 109 Å². The molecule has 2 unspecified atom stereocenters. The number of Topliss-reactive ketones (excluding diaryl/α,β-unsaturated/α-hetero) is 1. The number of carbonyl (C=O) groups excluding carboxylic acids is 3. The van der Waals surface area contributed by atoms with Crippen molar-refractivity contribution >= 4 is 17.7 Å². The van der Waals surface area contributed by atoms with E-state index in [1.807, 2.05) is 0 Å². The average molecular weight is 451 g/mol. The maximum Gasteiger partial charge on any atom is 1.00 e. The molecule has 31 heavy (non-hydrogen) atoms. The predicted octanol–water partition coefficient (Wildman–Crippen LogP) is -0.388. The van der Waals surface area contributed by atoms with E-state index in [-0.39, 0.29) is 36.0 Å². The van der Waals surface area contributed by atoms with Crippen LogP contribution in [0.4, 0.5) is 0 Å². The van der Waals surface area contributed by atoms with Gasteiger partial charge in [-0.1, -0.05) is 70.4 Å². The van der Waals surface area contributed by atoms with Gasteiger partial charge in [0.05, 0.1) is 13.1 Å². The standard InChI is InChI=1S/C23H40O7.Na/c1-3-4-5-6-7-8-9-10-11-12-13-14-15-16-17-18-19(24)23(29,22(28)30-2)20(25)21(26)27;/h10-11,20,25,29H,3-9,12-18H2,1-2H3,(H,26,27);/q;+1/p-1. The van der Waals surface area contributed by atoms with E-state index in [9.17, 15) is 29.7 Å². The summed E-state index contributed by atoms with van der Waals surface area (Å²) in [5.74, 6) is -4.69. The maximum atomic E-state index is 12.1. The van der Waals surface area contributed by atoms with Crippen LogP contribution in [-0.2, 0) is 19.1 Å². The fourth-order valence-corrected chi connectivity index (χ4v) is 3.25. The first-order chi connectivity index (χ1) is 14.3. The molecule has 0 amide bonds. The number of unbranched alkanes of at least 4 members (excludes halogenated alkanes) is 11. The van der Waals surface area contributed by atoms with Crippen molar-refractivity contribution in [1.29, 1.82) is 0 Å². The number of allylic oxidation sites excluding steroid dienone is 2. The zero-order valence-electron chi connectivity index (χ0n) is 19.6. The Hall–Kier alpha value is -0.730. The van der Waals surface area contributed by atoms with Crippen molar-refractivity contribution in [3.05, 3.63) is 12.2 Å². The van der Waals surface area contributed by atoms with Crippen LogP contribution in [-0.4, -0.2) is 46.7 Å². The molecule has 0 spiro atoms. The molecule has 2 N–H and O–H groups in total. The molecule has 8 heteroatoms. The quantitative estimate of drug-likeness (QED) is 0.0903. The molecule has 7 nitrogen and oxygen atoms in total. The van der Waals surface area contributed by atoms with E-state index in [2.05, 4.69) is 23.8 Å². The van der Waals surface area contributed by atoms with Gasteiger partial charge in [-0.25, -0.2) is 4.79 Å². The maximum absolute atomic E-state index is 12.1. The van der Waals surface area contributed by atoms with Crippen LogP contribution < -0.4 is 34.7 Å². The molecular formula is C23H39NaO7. The van der Waals surface area contributed by atoms with Gasteiger partial charge in [-0.2, -0.15) is 0 Å². The van der Waals surface area contributed by atoms with Crippen molar-refractivity contribution in [1.82, 2.24) is 0 Å². The number of aliphatic hydroxyl groups excluding tert-OH is 1. The summed E-state index contributed by atoms with van der Waals surface area (Å²) in [4.78, 5) is 34.6. The zero-order chi connectivity index (χ0) is 22.8. The van der Waals surface area contributed by atoms with Crippen molar-refractivity contribution in [3.8, 4) is 0 Å². The second kappa shape index (κ2) is 19.9. The number of carboxylic acid groups (broad SMARTS) is 1. The summed E-state index contributed by atoms with van der Waals surface area (Å²) < 4.78 is 4.27. The number of ketones is 1. The van der Waals surface area contributed by atoms with E-state index in [4.69, 9.17) is 0 Å². The van der Waals surface area contributed by atoms with E-state index in [0.717, 1.165) is 39.2 Å². The van der Waals surface area contributed by atoms with E-state index >= 15 is 0 Å². The van der Waals surface area contributed by atoms with Crippen LogP contribution in [0.25, 0.3) is 0 Å². The molecule has 0 aromatic rings. The monoisotopic (exact) mass is 450 g/mol. The minimum Gasteiger partial charge on any atom is -0.547 e. The molecule has 0 bridgehead atoms. The Labute approximate surface area is 208 Å². The first-order valence-electron chi connectivity index (χ1n) is 11.2. The van der Waals surface area contributed by atoms with Gasteiger partial charge in [-0.05, 0) is 32.1 Å². The molecule has 0 aromatic heterocycles. The molecule has 0 radical (unpaired) electrons. The van der Waals surface area contributed by atoms with Gasteiger partial charge in [0.2, 0.25) is 0 Å². The third kappa shape index (κ3) is 13.4. The Morgan fingerprint density at radius 2 is 1.35 bits per heavy atom. The van der Waals surface area contributed by atoms with Gasteiger partial charge in [0.1, 0.15) is 6.10 Å². The number of hydrogen-bond acceptors (Lipinski definition) is 7. The van der Waals surface area contributed by atoms with Crippen LogP contribution in [0, 0.1) is 0 Å². The first kappa shape index (κ1) is 32.4. The summed E-state index contributed by atoms with van der Waals surface area (Å²) in [6.07, 6.45) is 15.6. The van der Waals surface area contributed by atoms with Gasteiger partial charge in [-0.15, -0.1) is 0 Å². The predicted molar refractivity (Wildman–Crippen MR) is 112 cm³/mol. The smallest absolute Gasteiger partial charge is 0.547 e. The average Bonchev–Trinajstić information content (AvgIpc) is 2.74. The van der Waals surface area contributed by atoms with Crippen LogP contribution in [0.1, 0.15) is 96.8 Å². The van der Waals surface area contributed by atoms with Crippen LogP contribution in [0.5, 0.6) is 0 Å². The molecule has 2 atom stereocenters. The number of methoxy groups -OCH3 is 1. The molecule has 0 aromatic carbocycles. The second-order valence-electron chi connectivity index (χ2n) is 7.74. The molecule has 0 saturated heterocycles. The van der Waals surface area contributed by atoms with Gasteiger partial charge >= 0.3 is 35.5 Å². The third-order valence-corrected chi connectivity index (χ3v) is 5.21. The normalized spacial score (nSPS) is 13.9. The zero-order valence-corrected chi connectivity index (χ0v) is 21.6. The summed E-state index contributed by atoms with van der Waals surface area (Å²) in [5.41, 5.74) is -3.13. The summed E-state index contributed by atoms with van der Waals surface area (Å²) in [6, 6.07) is 0. The van der Waals surface area contributed by atoms with Crippen LogP contribution >= 0.6 is 0 Å². The fourth-order valence-electron chi connectivity index (χ4n) is 3.25. The van der Waals surface area contributed by atoms with Crippen LogP contribution in [0.3, 0.4) is 0 Å². The molecule has 0 saturated carbocycles. The molecule has 0 rings (SSSR count). The topological polar surface area (TPSA) is 124 Å². The van der Waals surface area contributed by atoms with Crippen LogP contribution in [0.2, 0.25) is 0 Å². The summed E-state index contributed by atoms with van der Waals surface area (Å²) in [6.45, 7) is 2.22. The Morgan fingerprint density at radius 1 is 0.903 bits per heavy atom. The summed E-state index contributed by atoms with van der Waals surface area (Å²) >= 11 is 0. The number of esters is 1. The molecular weight excluding hydrogens is 411 g/mol. The largest absolute Gasteiger partial charge is 1.00 e. The van der Waals surface area contributed by atoms with E-state index < -0.39 is 29.4 Å². The molecule has 0 fully saturated rings. The summed E-state index contributed by atoms with van der Waals surface area (Å²) in [7, 11) is 0.893. The van der Waals surface area contributed by atoms with Gasteiger partial charge in [-0.3, -0.25) is 4.79 Å². The number of ether oxygens (including phenoxy) is 1. The molecule has 0 aliphatic heterocycles. The number of carbonyl (C=O) groups is 3. The number of aliphatic carboxylic acids is 1. The van der Waals surface area contributed by atoms with Crippen molar-refractivity contribution < 1.29 is 64.0 Å². The molecule has 174 valence electrons. The Bertz CT molecular complexity index is 536. The molecule has 0 heterocycles. The minimum atomic E-state index is -3.13. The minimum absolute atomic E-state index is 0. The third-order valence-electron chi connectivity index (χ3n) is 5.21. The molecule has 0 aliphatic rings. The fraction of sp³-hybridized carbons (Fsp3) is 0.783. The van der Waals surface area contributed by atoms with Crippen molar-refractivity contribution in [3.63, 3.8) is 0 Å². The number of hydrogen-bond donors (Lipinski definition) is 2. The van der Waals surface area contributed by atoms with Gasteiger partial charge < -0.3 is 24.9 Å². The van der Waals surface area contributed by atoms with E-state index in [0.29, 0.717) is 12.8 Å². The van der Waals surface area contributed by atoms with Gasteiger partial charge in [0.15, 0.2) is 5.78 Å². The number of rotatable bonds is 19. The van der Waals surface area contributed by atoms with Crippen molar-refractivity contribution in [2.75, 3.05) is 7.11 Å². The Morgan fingerprint density at radius 3 is 1.81 bits per heavy atom. The van der Waals surface area contributed by atoms with E-state index in [1.54, 1.807) is 0 Å². The first-order valence-corrected chi connectivity index (χ1v) is 11.2. The second-order valence-corrected chi connectivity index (χ2v) is 7.74. The SMILES string of the molecule is CCCCCCCCC=CCCCCCCCC(=O)C(O)(C(=O)OC)C(O)C(=O)[O-].[Na+]. The number of aliphatic hydroxyl groups is 2. The summed E-state index contributed by atoms with van der Waals surface area (Å²) in [5, 5.41) is 30.4. The van der Waals surface area contributed by atoms with Gasteiger partial charge in [0.25, 0.3) is 5.60 Å². The van der Waals surface area contributed by atoms with Crippen molar-refractivity contribution in [2.24, 2.45) is 0 Å². The van der Waals surface area contributed by atoms with Crippen LogP contribution in [0.15, 0.2) is 12.2 Å². The number of carboxylic acids is 1.